The molecule has 0 bridgehead atoms. The van der Waals surface area contributed by atoms with Crippen LogP contribution in [0, 0.1) is 5.41 Å². The minimum absolute atomic E-state index is 0.847. The Kier molecular flexibility index (Phi) is 3.02. The van der Waals surface area contributed by atoms with Crippen LogP contribution in [-0.4, -0.2) is 13.3 Å². The lowest BCUT2D eigenvalue weighted by atomic mass is 10.4. The number of nitrogens with one attached hydrogen (secondary N) is 2. The Morgan fingerprint density at radius 2 is 2.29 bits per heavy atom. The standard InChI is InChI=1S/C5H10N2/c1-3-5(4-6)7-2/h3-4,6-7H,1-2H3/b5-3-,6-4?. The Bertz CT molecular complexity index is 84.1. The predicted molar refractivity (Wildman–Crippen MR) is 31.6 cm³/mol. The highest BCUT2D eigenvalue weighted by Gasteiger charge is 1.76. The quantitative estimate of drug-likeness (QED) is 0.491. The molecule has 0 radical (unpaired) electrons. The van der Waals surface area contributed by atoms with Crippen molar-refractivity contribution in [3.8, 4) is 0 Å². The second kappa shape index (κ2) is 3.40. The zero-order valence-corrected chi connectivity index (χ0v) is 4.65. The molecule has 0 aromatic heterocycles. The van der Waals surface area contributed by atoms with Gasteiger partial charge in [0.1, 0.15) is 0 Å². The normalized spacial score (nSPS) is 10.9. The Hall–Kier alpha value is -0.790. The van der Waals surface area contributed by atoms with E-state index in [1.54, 1.807) is 7.05 Å². The van der Waals surface area contributed by atoms with Crippen molar-refractivity contribution in [2.24, 2.45) is 0 Å². The number of hydrogen-bond acceptors (Lipinski definition) is 2. The fourth-order valence-corrected chi connectivity index (χ4v) is 0.300. The van der Waals surface area contributed by atoms with Crippen LogP contribution in [0.1, 0.15) is 6.92 Å². The molecule has 2 N–H and O–H groups in total. The summed E-state index contributed by atoms with van der Waals surface area (Å²) in [6.45, 7) is 1.89. The first-order chi connectivity index (χ1) is 3.35. The fraction of sp³-hybridized carbons (Fsp3) is 0.400. The van der Waals surface area contributed by atoms with Gasteiger partial charge in [0.05, 0.1) is 0 Å². The van der Waals surface area contributed by atoms with E-state index in [0.29, 0.717) is 0 Å². The van der Waals surface area contributed by atoms with E-state index >= 15 is 0 Å². The minimum Gasteiger partial charge on any atom is -0.387 e. The van der Waals surface area contributed by atoms with Crippen LogP contribution in [0.3, 0.4) is 0 Å². The molecule has 0 unspecified atom stereocenters. The maximum Gasteiger partial charge on any atom is 0.0473 e. The second-order valence-corrected chi connectivity index (χ2v) is 1.14. The van der Waals surface area contributed by atoms with Gasteiger partial charge in [-0.25, -0.2) is 0 Å². The van der Waals surface area contributed by atoms with E-state index in [9.17, 15) is 0 Å². The Labute approximate surface area is 43.7 Å². The number of allylic oxidation sites excluding steroid dienone is 2. The van der Waals surface area contributed by atoms with Gasteiger partial charge in [0.15, 0.2) is 0 Å². The van der Waals surface area contributed by atoms with Gasteiger partial charge in [-0.15, -0.1) is 0 Å². The third-order valence-electron chi connectivity index (χ3n) is 0.755. The molecule has 0 atom stereocenters. The summed E-state index contributed by atoms with van der Waals surface area (Å²) >= 11 is 0. The molecule has 0 aromatic carbocycles. The highest BCUT2D eigenvalue weighted by atomic mass is 14.8. The predicted octanol–water partition coefficient (Wildman–Crippen LogP) is 0.759. The van der Waals surface area contributed by atoms with Crippen molar-refractivity contribution < 1.29 is 0 Å². The molecule has 2 nitrogen and oxygen atoms in total. The smallest absolute Gasteiger partial charge is 0.0473 e. The zero-order valence-electron chi connectivity index (χ0n) is 4.65. The summed E-state index contributed by atoms with van der Waals surface area (Å²) in [6.07, 6.45) is 3.12. The molecule has 0 heterocycles. The fourth-order valence-electron chi connectivity index (χ4n) is 0.300. The summed E-state index contributed by atoms with van der Waals surface area (Å²) in [5.74, 6) is 0. The van der Waals surface area contributed by atoms with Crippen LogP contribution in [0.4, 0.5) is 0 Å². The van der Waals surface area contributed by atoms with Gasteiger partial charge in [-0.3, -0.25) is 0 Å². The van der Waals surface area contributed by atoms with Crippen molar-refractivity contribution in [1.29, 1.82) is 5.41 Å². The van der Waals surface area contributed by atoms with Crippen LogP contribution in [-0.2, 0) is 0 Å². The van der Waals surface area contributed by atoms with E-state index < -0.39 is 0 Å². The first kappa shape index (κ1) is 6.21. The molecule has 0 rings (SSSR count). The largest absolute Gasteiger partial charge is 0.387 e. The van der Waals surface area contributed by atoms with Gasteiger partial charge in [-0.2, -0.15) is 0 Å². The molecule has 0 aliphatic heterocycles. The molecular weight excluding hydrogens is 88.1 g/mol. The van der Waals surface area contributed by atoms with E-state index in [0.717, 1.165) is 5.70 Å². The minimum atomic E-state index is 0.847. The van der Waals surface area contributed by atoms with E-state index in [1.807, 2.05) is 13.0 Å². The van der Waals surface area contributed by atoms with Crippen molar-refractivity contribution in [3.63, 3.8) is 0 Å². The Morgan fingerprint density at radius 1 is 1.71 bits per heavy atom. The molecule has 0 saturated carbocycles. The number of rotatable bonds is 2. The average molecular weight is 98.1 g/mol. The van der Waals surface area contributed by atoms with Gasteiger partial charge in [-0.1, -0.05) is 6.08 Å². The summed E-state index contributed by atoms with van der Waals surface area (Å²) in [4.78, 5) is 0. The summed E-state index contributed by atoms with van der Waals surface area (Å²) in [6, 6.07) is 0. The molecule has 0 fully saturated rings. The lowest BCUT2D eigenvalue weighted by molar-refractivity contribution is 1.05. The van der Waals surface area contributed by atoms with Gasteiger partial charge < -0.3 is 10.7 Å². The van der Waals surface area contributed by atoms with Gasteiger partial charge in [0.25, 0.3) is 0 Å². The highest BCUT2D eigenvalue weighted by Crippen LogP contribution is 1.76. The van der Waals surface area contributed by atoms with E-state index in [2.05, 4.69) is 5.32 Å². The topological polar surface area (TPSA) is 35.9 Å². The molecule has 0 saturated heterocycles. The maximum absolute atomic E-state index is 6.70. The van der Waals surface area contributed by atoms with E-state index in [1.165, 1.54) is 6.21 Å². The third-order valence-corrected chi connectivity index (χ3v) is 0.755. The molecule has 0 aliphatic rings. The molecule has 40 valence electrons. The van der Waals surface area contributed by atoms with Crippen molar-refractivity contribution in [1.82, 2.24) is 5.32 Å². The second-order valence-electron chi connectivity index (χ2n) is 1.14. The van der Waals surface area contributed by atoms with Crippen LogP contribution < -0.4 is 5.32 Å². The van der Waals surface area contributed by atoms with E-state index in [4.69, 9.17) is 5.41 Å². The lowest BCUT2D eigenvalue weighted by Gasteiger charge is -1.92. The SMILES string of the molecule is C/C=C(/C=N)NC. The van der Waals surface area contributed by atoms with Crippen LogP contribution in [0.25, 0.3) is 0 Å². The zero-order chi connectivity index (χ0) is 5.70. The highest BCUT2D eigenvalue weighted by molar-refractivity contribution is 5.74. The van der Waals surface area contributed by atoms with Crippen molar-refractivity contribution in [2.75, 3.05) is 7.05 Å². The van der Waals surface area contributed by atoms with Crippen LogP contribution in [0.5, 0.6) is 0 Å². The molecule has 7 heavy (non-hydrogen) atoms. The summed E-state index contributed by atoms with van der Waals surface area (Å²) < 4.78 is 0. The first-order valence-electron chi connectivity index (χ1n) is 2.19. The summed E-state index contributed by atoms with van der Waals surface area (Å²) in [5.41, 5.74) is 0.847. The van der Waals surface area contributed by atoms with Crippen LogP contribution >= 0.6 is 0 Å². The molecule has 2 heteroatoms. The maximum atomic E-state index is 6.70. The molecule has 0 spiro atoms. The number of hydrogen-bond donors (Lipinski definition) is 2. The molecule has 0 amide bonds. The molecular formula is C5H10N2. The van der Waals surface area contributed by atoms with Crippen LogP contribution in [0.2, 0.25) is 0 Å². The average Bonchev–Trinajstić information content (AvgIpc) is 1.72. The third kappa shape index (κ3) is 1.98. The Balaban J connectivity index is 3.60. The van der Waals surface area contributed by atoms with E-state index in [-0.39, 0.29) is 0 Å². The van der Waals surface area contributed by atoms with Gasteiger partial charge in [-0.05, 0) is 6.92 Å². The van der Waals surface area contributed by atoms with Crippen molar-refractivity contribution >= 4 is 6.21 Å². The van der Waals surface area contributed by atoms with Gasteiger partial charge in [0, 0.05) is 19.0 Å². The summed E-state index contributed by atoms with van der Waals surface area (Å²) in [5, 5.41) is 9.52. The van der Waals surface area contributed by atoms with Gasteiger partial charge >= 0.3 is 0 Å². The first-order valence-corrected chi connectivity index (χ1v) is 2.19. The van der Waals surface area contributed by atoms with Crippen molar-refractivity contribution in [3.05, 3.63) is 11.8 Å². The monoisotopic (exact) mass is 98.1 g/mol. The van der Waals surface area contributed by atoms with Crippen LogP contribution in [0.15, 0.2) is 11.8 Å². The Morgan fingerprint density at radius 3 is 2.29 bits per heavy atom. The lowest BCUT2D eigenvalue weighted by Crippen LogP contribution is -2.04. The summed E-state index contributed by atoms with van der Waals surface area (Å²) in [7, 11) is 1.79. The molecule has 0 aromatic rings. The van der Waals surface area contributed by atoms with Crippen molar-refractivity contribution in [2.45, 2.75) is 6.92 Å². The van der Waals surface area contributed by atoms with Gasteiger partial charge in [0.2, 0.25) is 0 Å². The molecule has 0 aliphatic carbocycles.